The van der Waals surface area contributed by atoms with Crippen LogP contribution in [0.1, 0.15) is 41.8 Å². The van der Waals surface area contributed by atoms with Crippen molar-refractivity contribution < 1.29 is 4.79 Å². The molecule has 3 rings (SSSR count). The van der Waals surface area contributed by atoms with Crippen LogP contribution in [0.4, 0.5) is 5.82 Å². The van der Waals surface area contributed by atoms with E-state index in [0.29, 0.717) is 24.7 Å². The molecule has 1 saturated heterocycles. The lowest BCUT2D eigenvalue weighted by Crippen LogP contribution is -2.49. The number of hydrogen-bond acceptors (Lipinski definition) is 5. The standard InChI is InChI=1S/C17H24N6O/c1-12(2)16-19-13(3)11-15(20-16)22-7-9-23(10-8-22)17(24)14-5-6-18-21(14)4/h5-6,11-12H,7-10H2,1-4H3. The third kappa shape index (κ3) is 3.25. The van der Waals surface area contributed by atoms with E-state index in [1.165, 1.54) is 0 Å². The van der Waals surface area contributed by atoms with Crippen LogP contribution >= 0.6 is 0 Å². The summed E-state index contributed by atoms with van der Waals surface area (Å²) in [5.41, 5.74) is 1.61. The molecule has 1 fully saturated rings. The largest absolute Gasteiger partial charge is 0.353 e. The van der Waals surface area contributed by atoms with Crippen LogP contribution in [0, 0.1) is 6.92 Å². The summed E-state index contributed by atoms with van der Waals surface area (Å²) in [6.07, 6.45) is 1.65. The average Bonchev–Trinajstić information content (AvgIpc) is 2.99. The first-order chi connectivity index (χ1) is 11.5. The quantitative estimate of drug-likeness (QED) is 0.856. The fraction of sp³-hybridized carbons (Fsp3) is 0.529. The number of aromatic nitrogens is 4. The van der Waals surface area contributed by atoms with Crippen LogP contribution in [0.25, 0.3) is 0 Å². The average molecular weight is 328 g/mol. The Balaban J connectivity index is 1.69. The molecule has 2 aromatic heterocycles. The molecule has 1 aliphatic rings. The smallest absolute Gasteiger partial charge is 0.272 e. The highest BCUT2D eigenvalue weighted by Gasteiger charge is 2.25. The minimum Gasteiger partial charge on any atom is -0.353 e. The monoisotopic (exact) mass is 328 g/mol. The third-order valence-corrected chi connectivity index (χ3v) is 4.31. The Kier molecular flexibility index (Phi) is 4.51. The Labute approximate surface area is 142 Å². The van der Waals surface area contributed by atoms with Gasteiger partial charge in [-0.05, 0) is 13.0 Å². The van der Waals surface area contributed by atoms with Crippen LogP contribution in [-0.4, -0.2) is 56.7 Å². The van der Waals surface area contributed by atoms with Crippen LogP contribution in [0.5, 0.6) is 0 Å². The highest BCUT2D eigenvalue weighted by Crippen LogP contribution is 2.19. The Morgan fingerprint density at radius 2 is 1.88 bits per heavy atom. The van der Waals surface area contributed by atoms with Crippen molar-refractivity contribution in [3.8, 4) is 0 Å². The van der Waals surface area contributed by atoms with Crippen LogP contribution in [-0.2, 0) is 7.05 Å². The van der Waals surface area contributed by atoms with Gasteiger partial charge in [0.15, 0.2) is 0 Å². The van der Waals surface area contributed by atoms with Gasteiger partial charge >= 0.3 is 0 Å². The van der Waals surface area contributed by atoms with E-state index in [2.05, 4.69) is 33.8 Å². The number of carbonyl (C=O) groups is 1. The molecule has 0 N–H and O–H groups in total. The van der Waals surface area contributed by atoms with Crippen molar-refractivity contribution in [1.82, 2.24) is 24.6 Å². The van der Waals surface area contributed by atoms with Crippen molar-refractivity contribution in [1.29, 1.82) is 0 Å². The van der Waals surface area contributed by atoms with Gasteiger partial charge in [-0.25, -0.2) is 9.97 Å². The molecule has 0 aromatic carbocycles. The van der Waals surface area contributed by atoms with Gasteiger partial charge in [-0.3, -0.25) is 9.48 Å². The lowest BCUT2D eigenvalue weighted by molar-refractivity contribution is 0.0735. The van der Waals surface area contributed by atoms with Gasteiger partial charge in [0.25, 0.3) is 5.91 Å². The van der Waals surface area contributed by atoms with Gasteiger partial charge in [0.05, 0.1) is 0 Å². The molecule has 3 heterocycles. The second-order valence-corrected chi connectivity index (χ2v) is 6.50. The molecule has 1 aliphatic heterocycles. The van der Waals surface area contributed by atoms with E-state index in [1.54, 1.807) is 24.0 Å². The van der Waals surface area contributed by atoms with E-state index in [0.717, 1.165) is 30.4 Å². The van der Waals surface area contributed by atoms with Crippen molar-refractivity contribution in [3.63, 3.8) is 0 Å². The first kappa shape index (κ1) is 16.4. The van der Waals surface area contributed by atoms with Crippen molar-refractivity contribution in [3.05, 3.63) is 35.5 Å². The molecule has 0 unspecified atom stereocenters. The molecule has 1 amide bonds. The van der Waals surface area contributed by atoms with Crippen molar-refractivity contribution in [2.75, 3.05) is 31.1 Å². The zero-order valence-electron chi connectivity index (χ0n) is 14.7. The summed E-state index contributed by atoms with van der Waals surface area (Å²) in [6, 6.07) is 3.78. The number of rotatable bonds is 3. The second-order valence-electron chi connectivity index (χ2n) is 6.50. The van der Waals surface area contributed by atoms with Crippen molar-refractivity contribution >= 4 is 11.7 Å². The minimum atomic E-state index is 0.0383. The van der Waals surface area contributed by atoms with E-state index < -0.39 is 0 Å². The highest BCUT2D eigenvalue weighted by molar-refractivity contribution is 5.92. The lowest BCUT2D eigenvalue weighted by atomic mass is 10.2. The molecule has 0 saturated carbocycles. The molecule has 7 heteroatoms. The normalized spacial score (nSPS) is 15.2. The molecule has 24 heavy (non-hydrogen) atoms. The van der Waals surface area contributed by atoms with Gasteiger partial charge in [-0.15, -0.1) is 0 Å². The van der Waals surface area contributed by atoms with Gasteiger partial charge in [0, 0.05) is 57.1 Å². The molecule has 0 radical (unpaired) electrons. The molecule has 0 bridgehead atoms. The molecule has 0 aliphatic carbocycles. The molecular formula is C17H24N6O. The summed E-state index contributed by atoms with van der Waals surface area (Å²) in [4.78, 5) is 25.8. The fourth-order valence-electron chi connectivity index (χ4n) is 2.88. The maximum absolute atomic E-state index is 12.5. The van der Waals surface area contributed by atoms with Gasteiger partial charge < -0.3 is 9.80 Å². The second kappa shape index (κ2) is 6.59. The molecule has 128 valence electrons. The summed E-state index contributed by atoms with van der Waals surface area (Å²) in [7, 11) is 1.79. The number of nitrogens with zero attached hydrogens (tertiary/aromatic N) is 6. The summed E-state index contributed by atoms with van der Waals surface area (Å²) in [5, 5.41) is 4.07. The Bertz CT molecular complexity index is 730. The molecule has 2 aromatic rings. The van der Waals surface area contributed by atoms with E-state index in [1.807, 2.05) is 17.9 Å². The first-order valence-electron chi connectivity index (χ1n) is 8.33. The summed E-state index contributed by atoms with van der Waals surface area (Å²) in [5.74, 6) is 2.17. The third-order valence-electron chi connectivity index (χ3n) is 4.31. The highest BCUT2D eigenvalue weighted by atomic mass is 16.2. The first-order valence-corrected chi connectivity index (χ1v) is 8.33. The minimum absolute atomic E-state index is 0.0383. The number of amides is 1. The number of hydrogen-bond donors (Lipinski definition) is 0. The van der Waals surface area contributed by atoms with Crippen LogP contribution in [0.15, 0.2) is 18.3 Å². The summed E-state index contributed by atoms with van der Waals surface area (Å²) >= 11 is 0. The Hall–Kier alpha value is -2.44. The fourth-order valence-corrected chi connectivity index (χ4v) is 2.88. The zero-order chi connectivity index (χ0) is 17.3. The van der Waals surface area contributed by atoms with Gasteiger partial charge in [-0.1, -0.05) is 13.8 Å². The maximum atomic E-state index is 12.5. The van der Waals surface area contributed by atoms with Gasteiger partial charge in [0.2, 0.25) is 0 Å². The van der Waals surface area contributed by atoms with Crippen LogP contribution in [0.2, 0.25) is 0 Å². The van der Waals surface area contributed by atoms with Crippen molar-refractivity contribution in [2.45, 2.75) is 26.7 Å². The van der Waals surface area contributed by atoms with E-state index in [4.69, 9.17) is 0 Å². The Morgan fingerprint density at radius 1 is 1.17 bits per heavy atom. The van der Waals surface area contributed by atoms with Crippen LogP contribution in [0.3, 0.4) is 0 Å². The Morgan fingerprint density at radius 3 is 2.46 bits per heavy atom. The molecule has 0 spiro atoms. The topological polar surface area (TPSA) is 67.2 Å². The van der Waals surface area contributed by atoms with E-state index in [-0.39, 0.29) is 5.91 Å². The summed E-state index contributed by atoms with van der Waals surface area (Å²) in [6.45, 7) is 9.12. The lowest BCUT2D eigenvalue weighted by Gasteiger charge is -2.35. The number of anilines is 1. The molecule has 7 nitrogen and oxygen atoms in total. The maximum Gasteiger partial charge on any atom is 0.272 e. The van der Waals surface area contributed by atoms with Crippen LogP contribution < -0.4 is 4.90 Å². The van der Waals surface area contributed by atoms with Gasteiger partial charge in [0.1, 0.15) is 17.3 Å². The number of piperazine rings is 1. The molecular weight excluding hydrogens is 304 g/mol. The number of carbonyl (C=O) groups excluding carboxylic acids is 1. The van der Waals surface area contributed by atoms with E-state index >= 15 is 0 Å². The van der Waals surface area contributed by atoms with Gasteiger partial charge in [-0.2, -0.15) is 5.10 Å². The molecule has 0 atom stereocenters. The predicted octanol–water partition coefficient (Wildman–Crippen LogP) is 1.60. The SMILES string of the molecule is Cc1cc(N2CCN(C(=O)c3ccnn3C)CC2)nc(C(C)C)n1. The van der Waals surface area contributed by atoms with E-state index in [9.17, 15) is 4.79 Å². The zero-order valence-corrected chi connectivity index (χ0v) is 14.7. The number of aryl methyl sites for hydroxylation is 2. The predicted molar refractivity (Wildman–Crippen MR) is 92.2 cm³/mol. The van der Waals surface area contributed by atoms with Crippen molar-refractivity contribution in [2.24, 2.45) is 7.05 Å². The summed E-state index contributed by atoms with van der Waals surface area (Å²) < 4.78 is 1.62.